The van der Waals surface area contributed by atoms with Crippen LogP contribution in [0, 0.1) is 0 Å². The zero-order valence-corrected chi connectivity index (χ0v) is 7.44. The van der Waals surface area contributed by atoms with E-state index in [-0.39, 0.29) is 12.1 Å². The van der Waals surface area contributed by atoms with E-state index in [1.165, 1.54) is 11.4 Å². The van der Waals surface area contributed by atoms with Crippen molar-refractivity contribution >= 4 is 5.91 Å². The van der Waals surface area contributed by atoms with Gasteiger partial charge >= 0.3 is 12.1 Å². The van der Waals surface area contributed by atoms with Gasteiger partial charge in [-0.25, -0.2) is 4.39 Å². The standard InChI is InChI=1S/C8H8F4N2O/c9-5-2-1-4(13)3-6(5)14-7(15)8(10,11)12/h1-2,6H,3,13H2,(H,14,15). The zero-order chi connectivity index (χ0) is 11.6. The minimum absolute atomic E-state index is 0.163. The van der Waals surface area contributed by atoms with Gasteiger partial charge in [0.15, 0.2) is 0 Å². The van der Waals surface area contributed by atoms with E-state index in [2.05, 4.69) is 0 Å². The first-order chi connectivity index (χ1) is 6.80. The fourth-order valence-corrected chi connectivity index (χ4v) is 1.06. The van der Waals surface area contributed by atoms with Gasteiger partial charge in [0.25, 0.3) is 0 Å². The lowest BCUT2D eigenvalue weighted by molar-refractivity contribution is -0.174. The highest BCUT2D eigenvalue weighted by molar-refractivity contribution is 5.82. The molecular formula is C8H8F4N2O. The molecule has 0 aromatic carbocycles. The number of allylic oxidation sites excluding steroid dienone is 2. The molecule has 0 spiro atoms. The molecular weight excluding hydrogens is 216 g/mol. The number of halogens is 4. The molecule has 84 valence electrons. The second kappa shape index (κ2) is 3.92. The highest BCUT2D eigenvalue weighted by Crippen LogP contribution is 2.20. The second-order valence-corrected chi connectivity index (χ2v) is 3.02. The number of carbonyl (C=O) groups excluding carboxylic acids is 1. The number of hydrogen-bond acceptors (Lipinski definition) is 2. The third kappa shape index (κ3) is 2.97. The smallest absolute Gasteiger partial charge is 0.402 e. The first kappa shape index (κ1) is 11.5. The normalized spacial score (nSPS) is 21.7. The van der Waals surface area contributed by atoms with Gasteiger partial charge in [0.1, 0.15) is 5.83 Å². The van der Waals surface area contributed by atoms with Gasteiger partial charge in [-0.1, -0.05) is 0 Å². The van der Waals surface area contributed by atoms with Crippen LogP contribution in [0.4, 0.5) is 17.6 Å². The third-order valence-electron chi connectivity index (χ3n) is 1.79. The van der Waals surface area contributed by atoms with Crippen LogP contribution in [0.15, 0.2) is 23.7 Å². The summed E-state index contributed by atoms with van der Waals surface area (Å²) in [4.78, 5) is 10.5. The van der Waals surface area contributed by atoms with Crippen LogP contribution < -0.4 is 11.1 Å². The average molecular weight is 224 g/mol. The van der Waals surface area contributed by atoms with Gasteiger partial charge in [-0.05, 0) is 12.2 Å². The van der Waals surface area contributed by atoms with E-state index in [0.29, 0.717) is 0 Å². The molecule has 7 heteroatoms. The highest BCUT2D eigenvalue weighted by Gasteiger charge is 2.40. The molecule has 3 N–H and O–H groups in total. The first-order valence-electron chi connectivity index (χ1n) is 4.00. The molecule has 0 heterocycles. The Kier molecular flexibility index (Phi) is 3.01. The summed E-state index contributed by atoms with van der Waals surface area (Å²) in [6.45, 7) is 0. The average Bonchev–Trinajstić information content (AvgIpc) is 2.09. The molecule has 1 aliphatic carbocycles. The summed E-state index contributed by atoms with van der Waals surface area (Å²) in [5.74, 6) is -3.02. The third-order valence-corrected chi connectivity index (χ3v) is 1.79. The molecule has 1 aliphatic rings. The van der Waals surface area contributed by atoms with Crippen molar-refractivity contribution in [2.24, 2.45) is 5.73 Å². The topological polar surface area (TPSA) is 55.1 Å². The summed E-state index contributed by atoms with van der Waals surface area (Å²) in [6.07, 6.45) is -3.01. The van der Waals surface area contributed by atoms with Crippen LogP contribution in [0.2, 0.25) is 0 Å². The Balaban J connectivity index is 2.65. The lowest BCUT2D eigenvalue weighted by Crippen LogP contribution is -2.44. The zero-order valence-electron chi connectivity index (χ0n) is 7.44. The number of nitrogens with one attached hydrogen (secondary N) is 1. The van der Waals surface area contributed by atoms with Crippen molar-refractivity contribution in [3.63, 3.8) is 0 Å². The number of amides is 1. The lowest BCUT2D eigenvalue weighted by atomic mass is 10.1. The Labute approximate surface area is 82.6 Å². The van der Waals surface area contributed by atoms with Crippen molar-refractivity contribution < 1.29 is 22.4 Å². The molecule has 0 aromatic heterocycles. The summed E-state index contributed by atoms with van der Waals surface area (Å²) in [5.41, 5.74) is 5.50. The molecule has 1 rings (SSSR count). The predicted octanol–water partition coefficient (Wildman–Crippen LogP) is 1.13. The molecule has 0 saturated carbocycles. The van der Waals surface area contributed by atoms with Crippen molar-refractivity contribution in [3.8, 4) is 0 Å². The van der Waals surface area contributed by atoms with E-state index in [0.717, 1.165) is 6.08 Å². The van der Waals surface area contributed by atoms with E-state index in [1.807, 2.05) is 0 Å². The first-order valence-corrected chi connectivity index (χ1v) is 4.00. The predicted molar refractivity (Wildman–Crippen MR) is 44.1 cm³/mol. The number of hydrogen-bond donors (Lipinski definition) is 2. The summed E-state index contributed by atoms with van der Waals surface area (Å²) >= 11 is 0. The van der Waals surface area contributed by atoms with Crippen LogP contribution in [0.25, 0.3) is 0 Å². The number of nitrogens with two attached hydrogens (primary N) is 1. The van der Waals surface area contributed by atoms with E-state index >= 15 is 0 Å². The molecule has 1 atom stereocenters. The second-order valence-electron chi connectivity index (χ2n) is 3.02. The molecule has 0 bridgehead atoms. The van der Waals surface area contributed by atoms with E-state index in [9.17, 15) is 22.4 Å². The van der Waals surface area contributed by atoms with Gasteiger partial charge in [-0.3, -0.25) is 4.79 Å². The molecule has 15 heavy (non-hydrogen) atoms. The fraction of sp³-hybridized carbons (Fsp3) is 0.375. The fourth-order valence-electron chi connectivity index (χ4n) is 1.06. The van der Waals surface area contributed by atoms with Crippen molar-refractivity contribution in [1.29, 1.82) is 0 Å². The van der Waals surface area contributed by atoms with Gasteiger partial charge in [-0.2, -0.15) is 13.2 Å². The Morgan fingerprint density at radius 1 is 1.47 bits per heavy atom. The van der Waals surface area contributed by atoms with E-state index in [1.54, 1.807) is 0 Å². The van der Waals surface area contributed by atoms with Gasteiger partial charge in [0.2, 0.25) is 0 Å². The highest BCUT2D eigenvalue weighted by atomic mass is 19.4. The van der Waals surface area contributed by atoms with Crippen LogP contribution >= 0.6 is 0 Å². The Hall–Kier alpha value is -1.53. The molecule has 0 aliphatic heterocycles. The Morgan fingerprint density at radius 2 is 2.07 bits per heavy atom. The largest absolute Gasteiger partial charge is 0.471 e. The summed E-state index contributed by atoms with van der Waals surface area (Å²) in [6, 6.07) is -1.33. The van der Waals surface area contributed by atoms with Gasteiger partial charge in [0.05, 0.1) is 6.04 Å². The maximum atomic E-state index is 12.9. The summed E-state index contributed by atoms with van der Waals surface area (Å²) < 4.78 is 48.4. The molecule has 1 amide bonds. The van der Waals surface area contributed by atoms with Gasteiger partial charge < -0.3 is 11.1 Å². The monoisotopic (exact) mass is 224 g/mol. The number of rotatable bonds is 1. The lowest BCUT2D eigenvalue weighted by Gasteiger charge is -2.20. The SMILES string of the molecule is NC1=CC=C(F)C(NC(=O)C(F)(F)F)C1. The molecule has 0 aromatic rings. The van der Waals surface area contributed by atoms with Crippen molar-refractivity contribution in [2.45, 2.75) is 18.6 Å². The van der Waals surface area contributed by atoms with Crippen LogP contribution in [0.3, 0.4) is 0 Å². The van der Waals surface area contributed by atoms with Gasteiger partial charge in [0, 0.05) is 12.1 Å². The molecule has 0 radical (unpaired) electrons. The van der Waals surface area contributed by atoms with Crippen LogP contribution in [-0.4, -0.2) is 18.1 Å². The number of alkyl halides is 3. The number of carbonyl (C=O) groups is 1. The summed E-state index contributed by atoms with van der Waals surface area (Å²) in [7, 11) is 0. The van der Waals surface area contributed by atoms with E-state index < -0.39 is 24.0 Å². The van der Waals surface area contributed by atoms with Crippen LogP contribution in [-0.2, 0) is 4.79 Å². The van der Waals surface area contributed by atoms with Crippen LogP contribution in [0.5, 0.6) is 0 Å². The minimum Gasteiger partial charge on any atom is -0.402 e. The van der Waals surface area contributed by atoms with Gasteiger partial charge in [-0.15, -0.1) is 0 Å². The quantitative estimate of drug-likeness (QED) is 0.656. The van der Waals surface area contributed by atoms with Crippen molar-refractivity contribution in [1.82, 2.24) is 5.32 Å². The maximum absolute atomic E-state index is 12.9. The minimum atomic E-state index is -5.02. The Morgan fingerprint density at radius 3 is 2.60 bits per heavy atom. The molecule has 0 fully saturated rings. The molecule has 1 unspecified atom stereocenters. The molecule has 3 nitrogen and oxygen atoms in total. The molecule has 0 saturated heterocycles. The van der Waals surface area contributed by atoms with E-state index in [4.69, 9.17) is 5.73 Å². The maximum Gasteiger partial charge on any atom is 0.471 e. The van der Waals surface area contributed by atoms with Crippen molar-refractivity contribution in [2.75, 3.05) is 0 Å². The van der Waals surface area contributed by atoms with Crippen LogP contribution in [0.1, 0.15) is 6.42 Å². The summed E-state index contributed by atoms with van der Waals surface area (Å²) in [5, 5.41) is 1.51. The van der Waals surface area contributed by atoms with Crippen molar-refractivity contribution in [3.05, 3.63) is 23.7 Å². The Bertz CT molecular complexity index is 332.